The van der Waals surface area contributed by atoms with Crippen molar-refractivity contribution >= 4 is 9.24 Å². The molecule has 0 bridgehead atoms. The second-order valence-corrected chi connectivity index (χ2v) is 1.09. The van der Waals surface area contributed by atoms with Crippen molar-refractivity contribution in [2.24, 2.45) is 0 Å². The monoisotopic (exact) mass is 78.0 g/mol. The van der Waals surface area contributed by atoms with Gasteiger partial charge in [-0.05, 0) is 6.16 Å². The van der Waals surface area contributed by atoms with Crippen LogP contribution < -0.4 is 0 Å². The van der Waals surface area contributed by atoms with Crippen molar-refractivity contribution in [3.8, 4) is 0 Å². The smallest absolute Gasteiger partial charge is 0.0465 e. The third kappa shape index (κ3) is 2.39. The first kappa shape index (κ1) is 4.39. The molecule has 0 saturated heterocycles. The molecule has 0 aliphatic heterocycles. The van der Waals surface area contributed by atoms with Crippen LogP contribution in [0.15, 0.2) is 0 Å². The number of hydrogen-bond acceptors (Lipinski definition) is 1. The van der Waals surface area contributed by atoms with Crippen LogP contribution in [-0.4, -0.2) is 17.9 Å². The lowest BCUT2D eigenvalue weighted by molar-refractivity contribution is 0.322. The van der Waals surface area contributed by atoms with Crippen molar-refractivity contribution in [1.29, 1.82) is 0 Å². The van der Waals surface area contributed by atoms with Gasteiger partial charge in [0.15, 0.2) is 0 Å². The fraction of sp³-hybridized carbons (Fsp3) is 1.00. The molecule has 0 aromatic rings. The van der Waals surface area contributed by atoms with Crippen molar-refractivity contribution in [1.82, 2.24) is 0 Å². The SMILES string of the molecule is OCCP. The Bertz CT molecular complexity index is 8.00. The van der Waals surface area contributed by atoms with Gasteiger partial charge in [0.05, 0.1) is 0 Å². The Kier molecular flexibility index (Phi) is 3.72. The summed E-state index contributed by atoms with van der Waals surface area (Å²) in [5, 5.41) is 7.85. The molecular formula is C2H7OP. The van der Waals surface area contributed by atoms with Gasteiger partial charge in [0.1, 0.15) is 0 Å². The maximum Gasteiger partial charge on any atom is 0.0465 e. The molecule has 0 spiro atoms. The Morgan fingerprint density at radius 3 is 2.00 bits per heavy atom. The van der Waals surface area contributed by atoms with Gasteiger partial charge in [-0.2, -0.15) is 0 Å². The van der Waals surface area contributed by atoms with Crippen LogP contribution in [0, 0.1) is 0 Å². The highest BCUT2D eigenvalue weighted by atomic mass is 31.0. The Hall–Kier alpha value is 0.390. The minimum Gasteiger partial charge on any atom is -0.396 e. The summed E-state index contributed by atoms with van der Waals surface area (Å²) < 4.78 is 0. The molecular weight excluding hydrogens is 71.0 g/mol. The maximum absolute atomic E-state index is 7.85. The second kappa shape index (κ2) is 3.39. The lowest BCUT2D eigenvalue weighted by Gasteiger charge is -1.69. The Balaban J connectivity index is 1.97. The molecule has 1 unspecified atom stereocenters. The van der Waals surface area contributed by atoms with E-state index in [4.69, 9.17) is 5.11 Å². The number of aliphatic hydroxyl groups excluding tert-OH is 1. The molecule has 1 atom stereocenters. The highest BCUT2D eigenvalue weighted by Gasteiger charge is 1.57. The highest BCUT2D eigenvalue weighted by Crippen LogP contribution is 1.70. The van der Waals surface area contributed by atoms with E-state index in [0.717, 1.165) is 6.16 Å². The van der Waals surface area contributed by atoms with Crippen molar-refractivity contribution < 1.29 is 5.11 Å². The Morgan fingerprint density at radius 2 is 2.00 bits per heavy atom. The zero-order valence-electron chi connectivity index (χ0n) is 2.44. The molecule has 26 valence electrons. The van der Waals surface area contributed by atoms with Gasteiger partial charge < -0.3 is 5.11 Å². The summed E-state index contributed by atoms with van der Waals surface area (Å²) in [5.74, 6) is 0. The van der Waals surface area contributed by atoms with Gasteiger partial charge in [0.2, 0.25) is 0 Å². The normalized spacial score (nSPS) is 7.50. The number of rotatable bonds is 1. The van der Waals surface area contributed by atoms with Crippen molar-refractivity contribution in [2.45, 2.75) is 0 Å². The van der Waals surface area contributed by atoms with E-state index in [1.807, 2.05) is 0 Å². The summed E-state index contributed by atoms with van der Waals surface area (Å²) >= 11 is 0. The van der Waals surface area contributed by atoms with E-state index >= 15 is 0 Å². The maximum atomic E-state index is 7.85. The molecule has 0 saturated carbocycles. The van der Waals surface area contributed by atoms with E-state index in [2.05, 4.69) is 9.24 Å². The topological polar surface area (TPSA) is 20.2 Å². The largest absolute Gasteiger partial charge is 0.396 e. The van der Waals surface area contributed by atoms with Crippen LogP contribution in [0.25, 0.3) is 0 Å². The van der Waals surface area contributed by atoms with E-state index in [1.165, 1.54) is 0 Å². The van der Waals surface area contributed by atoms with Gasteiger partial charge in [-0.1, -0.05) is 0 Å². The predicted octanol–water partition coefficient (Wildman–Crippen LogP) is -0.146. The van der Waals surface area contributed by atoms with Crippen LogP contribution in [0.4, 0.5) is 0 Å². The van der Waals surface area contributed by atoms with Gasteiger partial charge in [0.25, 0.3) is 0 Å². The van der Waals surface area contributed by atoms with Crippen LogP contribution in [-0.2, 0) is 0 Å². The van der Waals surface area contributed by atoms with Crippen molar-refractivity contribution in [2.75, 3.05) is 12.8 Å². The average Bonchev–Trinajstić information content (AvgIpc) is 1.37. The van der Waals surface area contributed by atoms with Crippen LogP contribution in [0.1, 0.15) is 0 Å². The van der Waals surface area contributed by atoms with Gasteiger partial charge >= 0.3 is 0 Å². The molecule has 0 aromatic heterocycles. The first-order valence-electron chi connectivity index (χ1n) is 1.22. The molecule has 0 fully saturated rings. The van der Waals surface area contributed by atoms with Crippen molar-refractivity contribution in [3.05, 3.63) is 0 Å². The minimum atomic E-state index is 0.282. The van der Waals surface area contributed by atoms with Crippen molar-refractivity contribution in [3.63, 3.8) is 0 Å². The van der Waals surface area contributed by atoms with E-state index in [9.17, 15) is 0 Å². The Morgan fingerprint density at radius 1 is 1.75 bits per heavy atom. The van der Waals surface area contributed by atoms with Crippen LogP contribution >= 0.6 is 9.24 Å². The van der Waals surface area contributed by atoms with E-state index in [0.29, 0.717) is 0 Å². The van der Waals surface area contributed by atoms with E-state index in [1.54, 1.807) is 0 Å². The summed E-state index contributed by atoms with van der Waals surface area (Å²) in [4.78, 5) is 0. The third-order valence-corrected chi connectivity index (χ3v) is 0.387. The summed E-state index contributed by atoms with van der Waals surface area (Å²) in [6, 6.07) is 0. The molecule has 1 N–H and O–H groups in total. The highest BCUT2D eigenvalue weighted by molar-refractivity contribution is 7.16. The van der Waals surface area contributed by atoms with Gasteiger partial charge in [-0.25, -0.2) is 0 Å². The van der Waals surface area contributed by atoms with Gasteiger partial charge in [-0.15, -0.1) is 9.24 Å². The van der Waals surface area contributed by atoms with E-state index < -0.39 is 0 Å². The third-order valence-electron chi connectivity index (χ3n) is 0.129. The molecule has 1 nitrogen and oxygen atoms in total. The summed E-state index contributed by atoms with van der Waals surface area (Å²) in [5.41, 5.74) is 0. The molecule has 0 heterocycles. The summed E-state index contributed by atoms with van der Waals surface area (Å²) in [6.45, 7) is 0.282. The first-order chi connectivity index (χ1) is 1.91. The van der Waals surface area contributed by atoms with Crippen LogP contribution in [0.3, 0.4) is 0 Å². The Labute approximate surface area is 28.2 Å². The van der Waals surface area contributed by atoms with Gasteiger partial charge in [0, 0.05) is 6.61 Å². The molecule has 4 heavy (non-hydrogen) atoms. The van der Waals surface area contributed by atoms with Gasteiger partial charge in [-0.3, -0.25) is 0 Å². The fourth-order valence-corrected chi connectivity index (χ4v) is 0. The predicted molar refractivity (Wildman–Crippen MR) is 21.7 cm³/mol. The molecule has 2 heteroatoms. The zero-order valence-corrected chi connectivity index (χ0v) is 3.59. The average molecular weight is 78.1 g/mol. The number of aliphatic hydroxyl groups is 1. The first-order valence-corrected chi connectivity index (χ1v) is 2.04. The lowest BCUT2D eigenvalue weighted by atomic mass is 10.9. The molecule has 0 rings (SSSR count). The lowest BCUT2D eigenvalue weighted by Crippen LogP contribution is -1.75. The van der Waals surface area contributed by atoms with Crippen LogP contribution in [0.2, 0.25) is 0 Å². The molecule has 0 aliphatic carbocycles. The summed E-state index contributed by atoms with van der Waals surface area (Å²) in [6.07, 6.45) is 0.792. The number of hydrogen-bond donors (Lipinski definition) is 1. The molecule has 0 aliphatic rings. The molecule has 0 radical (unpaired) electrons. The minimum absolute atomic E-state index is 0.282. The molecule has 0 aromatic carbocycles. The molecule has 0 amide bonds. The second-order valence-electron chi connectivity index (χ2n) is 0.512. The van der Waals surface area contributed by atoms with E-state index in [-0.39, 0.29) is 6.61 Å². The quantitative estimate of drug-likeness (QED) is 0.432. The fourth-order valence-electron chi connectivity index (χ4n) is 0. The summed E-state index contributed by atoms with van der Waals surface area (Å²) in [7, 11) is 2.41. The van der Waals surface area contributed by atoms with Crippen LogP contribution in [0.5, 0.6) is 0 Å². The zero-order chi connectivity index (χ0) is 3.41. The standard InChI is InChI=1S/C2H7OP/c3-1-2-4/h3H,1-2,4H2.